The van der Waals surface area contributed by atoms with E-state index in [0.717, 1.165) is 6.42 Å². The molecule has 1 heteroatoms. The molecule has 1 N–H and O–H groups in total. The van der Waals surface area contributed by atoms with Crippen molar-refractivity contribution in [2.75, 3.05) is 0 Å². The molecule has 0 bridgehead atoms. The lowest BCUT2D eigenvalue weighted by Crippen LogP contribution is -1.85. The van der Waals surface area contributed by atoms with Crippen LogP contribution in [-0.4, -0.2) is 5.11 Å². The van der Waals surface area contributed by atoms with Crippen LogP contribution in [0.5, 0.6) is 5.75 Å². The first-order valence-electron chi connectivity index (χ1n) is 6.55. The van der Waals surface area contributed by atoms with Crippen LogP contribution >= 0.6 is 0 Å². The zero-order chi connectivity index (χ0) is 13.6. The van der Waals surface area contributed by atoms with E-state index in [2.05, 4.69) is 38.0 Å². The fourth-order valence-corrected chi connectivity index (χ4v) is 1.82. The number of aryl methyl sites for hydroxylation is 1. The molecule has 0 aromatic heterocycles. The fourth-order valence-electron chi connectivity index (χ4n) is 1.82. The van der Waals surface area contributed by atoms with Crippen molar-refractivity contribution in [2.45, 2.75) is 45.4 Å². The Kier molecular flexibility index (Phi) is 10.7. The summed E-state index contributed by atoms with van der Waals surface area (Å²) in [6.07, 6.45) is 19.8. The van der Waals surface area contributed by atoms with Gasteiger partial charge < -0.3 is 5.11 Å². The van der Waals surface area contributed by atoms with Crippen LogP contribution < -0.4 is 0 Å². The first-order valence-corrected chi connectivity index (χ1v) is 6.55. The minimum absolute atomic E-state index is 0.380. The summed E-state index contributed by atoms with van der Waals surface area (Å²) in [5, 5.41) is 9.31. The number of unbranched alkanes of at least 4 members (excludes halogenated alkanes) is 4. The van der Waals surface area contributed by atoms with E-state index in [9.17, 15) is 5.11 Å². The van der Waals surface area contributed by atoms with Crippen LogP contribution in [0.25, 0.3) is 0 Å². The Morgan fingerprint density at radius 1 is 1.11 bits per heavy atom. The van der Waals surface area contributed by atoms with Crippen LogP contribution in [0.2, 0.25) is 0 Å². The highest BCUT2D eigenvalue weighted by Crippen LogP contribution is 2.14. The van der Waals surface area contributed by atoms with E-state index >= 15 is 0 Å². The predicted molar refractivity (Wildman–Crippen MR) is 79.6 cm³/mol. The summed E-state index contributed by atoms with van der Waals surface area (Å²) in [6.45, 7) is 2.07. The van der Waals surface area contributed by atoms with E-state index in [1.807, 2.05) is 12.1 Å². The molecule has 0 aliphatic carbocycles. The molecule has 0 amide bonds. The SMILES string of the molecule is C#C.C/C=C/CCCCCCc1cccc(O)c1. The molecule has 0 saturated carbocycles. The van der Waals surface area contributed by atoms with E-state index in [0.29, 0.717) is 5.75 Å². The number of terminal acetylenes is 1. The van der Waals surface area contributed by atoms with Gasteiger partial charge in [0.05, 0.1) is 0 Å². The molecule has 18 heavy (non-hydrogen) atoms. The van der Waals surface area contributed by atoms with E-state index in [4.69, 9.17) is 0 Å². The molecule has 98 valence electrons. The van der Waals surface area contributed by atoms with Gasteiger partial charge >= 0.3 is 0 Å². The maximum absolute atomic E-state index is 9.31. The third-order valence-electron chi connectivity index (χ3n) is 2.73. The molecule has 0 aliphatic heterocycles. The van der Waals surface area contributed by atoms with Crippen molar-refractivity contribution in [2.24, 2.45) is 0 Å². The zero-order valence-electron chi connectivity index (χ0n) is 11.3. The van der Waals surface area contributed by atoms with Gasteiger partial charge in [0.25, 0.3) is 0 Å². The number of hydrogen-bond acceptors (Lipinski definition) is 1. The molecular weight excluding hydrogens is 220 g/mol. The van der Waals surface area contributed by atoms with Crippen LogP contribution in [0, 0.1) is 12.8 Å². The van der Waals surface area contributed by atoms with E-state index < -0.39 is 0 Å². The minimum atomic E-state index is 0.380. The van der Waals surface area contributed by atoms with Crippen molar-refractivity contribution in [3.8, 4) is 18.6 Å². The number of aromatic hydroxyl groups is 1. The molecule has 1 rings (SSSR count). The highest BCUT2D eigenvalue weighted by Gasteiger charge is 1.95. The van der Waals surface area contributed by atoms with Crippen molar-refractivity contribution in [1.29, 1.82) is 0 Å². The van der Waals surface area contributed by atoms with Crippen molar-refractivity contribution in [3.63, 3.8) is 0 Å². The number of phenolic OH excluding ortho intramolecular Hbond substituents is 1. The van der Waals surface area contributed by atoms with Gasteiger partial charge in [0, 0.05) is 0 Å². The van der Waals surface area contributed by atoms with Gasteiger partial charge in [-0.15, -0.1) is 12.8 Å². The zero-order valence-corrected chi connectivity index (χ0v) is 11.3. The Labute approximate surface area is 112 Å². The molecular formula is C17H24O. The molecule has 0 atom stereocenters. The quantitative estimate of drug-likeness (QED) is 0.418. The third kappa shape index (κ3) is 8.47. The van der Waals surface area contributed by atoms with Gasteiger partial charge in [-0.3, -0.25) is 0 Å². The Morgan fingerprint density at radius 2 is 1.83 bits per heavy atom. The minimum Gasteiger partial charge on any atom is -0.508 e. The second kappa shape index (κ2) is 11.8. The van der Waals surface area contributed by atoms with Gasteiger partial charge in [-0.1, -0.05) is 37.1 Å². The molecule has 1 aromatic carbocycles. The Balaban J connectivity index is 0.00000137. The number of hydrogen-bond donors (Lipinski definition) is 1. The van der Waals surface area contributed by atoms with Crippen molar-refractivity contribution in [3.05, 3.63) is 42.0 Å². The second-order valence-corrected chi connectivity index (χ2v) is 4.19. The Morgan fingerprint density at radius 3 is 2.50 bits per heavy atom. The molecule has 1 aromatic rings. The molecule has 0 spiro atoms. The predicted octanol–water partition coefficient (Wildman–Crippen LogP) is 4.71. The summed E-state index contributed by atoms with van der Waals surface area (Å²) in [6, 6.07) is 7.58. The fraction of sp³-hybridized carbons (Fsp3) is 0.412. The number of phenols is 1. The molecule has 0 heterocycles. The topological polar surface area (TPSA) is 20.2 Å². The van der Waals surface area contributed by atoms with Gasteiger partial charge in [-0.2, -0.15) is 0 Å². The van der Waals surface area contributed by atoms with Crippen molar-refractivity contribution in [1.82, 2.24) is 0 Å². The molecule has 0 unspecified atom stereocenters. The van der Waals surface area contributed by atoms with E-state index in [1.165, 1.54) is 37.7 Å². The van der Waals surface area contributed by atoms with Gasteiger partial charge in [-0.05, 0) is 50.3 Å². The normalized spacial score (nSPS) is 9.94. The summed E-state index contributed by atoms with van der Waals surface area (Å²) in [4.78, 5) is 0. The first kappa shape index (κ1) is 16.3. The van der Waals surface area contributed by atoms with E-state index in [-0.39, 0.29) is 0 Å². The van der Waals surface area contributed by atoms with Crippen molar-refractivity contribution >= 4 is 0 Å². The van der Waals surface area contributed by atoms with Gasteiger partial charge in [0.15, 0.2) is 0 Å². The van der Waals surface area contributed by atoms with Crippen LogP contribution in [0.15, 0.2) is 36.4 Å². The monoisotopic (exact) mass is 244 g/mol. The van der Waals surface area contributed by atoms with E-state index in [1.54, 1.807) is 6.07 Å². The summed E-state index contributed by atoms with van der Waals surface area (Å²) in [7, 11) is 0. The van der Waals surface area contributed by atoms with Gasteiger partial charge in [0.2, 0.25) is 0 Å². The third-order valence-corrected chi connectivity index (χ3v) is 2.73. The highest BCUT2D eigenvalue weighted by atomic mass is 16.3. The lowest BCUT2D eigenvalue weighted by atomic mass is 10.1. The molecule has 0 fully saturated rings. The molecule has 1 nitrogen and oxygen atoms in total. The van der Waals surface area contributed by atoms with Crippen LogP contribution in [-0.2, 0) is 6.42 Å². The first-order chi connectivity index (χ1) is 8.83. The summed E-state index contributed by atoms with van der Waals surface area (Å²) in [5.74, 6) is 0.380. The van der Waals surface area contributed by atoms with Crippen LogP contribution in [0.4, 0.5) is 0 Å². The Bertz CT molecular complexity index is 350. The van der Waals surface area contributed by atoms with Crippen LogP contribution in [0.3, 0.4) is 0 Å². The molecule has 0 aliphatic rings. The standard InChI is InChI=1S/C15H22O.C2H2/c1-2-3-4-5-6-7-8-10-14-11-9-12-15(16)13-14;1-2/h2-3,9,11-13,16H,4-8,10H2,1H3;1-2H/b3-2+;. The number of rotatable bonds is 7. The lowest BCUT2D eigenvalue weighted by Gasteiger charge is -2.02. The second-order valence-electron chi connectivity index (χ2n) is 4.19. The maximum atomic E-state index is 9.31. The van der Waals surface area contributed by atoms with Gasteiger partial charge in [0.1, 0.15) is 5.75 Å². The highest BCUT2D eigenvalue weighted by molar-refractivity contribution is 5.27. The largest absolute Gasteiger partial charge is 0.508 e. The van der Waals surface area contributed by atoms with Gasteiger partial charge in [-0.25, -0.2) is 0 Å². The number of allylic oxidation sites excluding steroid dienone is 2. The summed E-state index contributed by atoms with van der Waals surface area (Å²) >= 11 is 0. The smallest absolute Gasteiger partial charge is 0.115 e. The molecule has 0 radical (unpaired) electrons. The summed E-state index contributed by atoms with van der Waals surface area (Å²) in [5.41, 5.74) is 1.24. The summed E-state index contributed by atoms with van der Waals surface area (Å²) < 4.78 is 0. The average Bonchev–Trinajstić information content (AvgIpc) is 2.40. The molecule has 0 saturated heterocycles. The van der Waals surface area contributed by atoms with Crippen LogP contribution in [0.1, 0.15) is 44.6 Å². The number of benzene rings is 1. The lowest BCUT2D eigenvalue weighted by molar-refractivity contribution is 0.474. The maximum Gasteiger partial charge on any atom is 0.115 e. The average molecular weight is 244 g/mol. The van der Waals surface area contributed by atoms with Crippen molar-refractivity contribution < 1.29 is 5.11 Å². The Hall–Kier alpha value is -1.68.